The molecule has 1 saturated heterocycles. The van der Waals surface area contributed by atoms with Gasteiger partial charge < -0.3 is 14.7 Å². The molecule has 2 aromatic rings. The van der Waals surface area contributed by atoms with Gasteiger partial charge >= 0.3 is 0 Å². The smallest absolute Gasteiger partial charge is 0.223 e. The zero-order valence-electron chi connectivity index (χ0n) is 11.8. The van der Waals surface area contributed by atoms with Crippen molar-refractivity contribution >= 4 is 5.69 Å². The molecule has 0 spiro atoms. The molecule has 0 atom stereocenters. The number of benzene rings is 1. The fraction of sp³-hybridized carbons (Fsp3) is 0.467. The van der Waals surface area contributed by atoms with Gasteiger partial charge in [-0.1, -0.05) is 23.4 Å². The van der Waals surface area contributed by atoms with E-state index in [1.807, 2.05) is 0 Å². The lowest BCUT2D eigenvalue weighted by molar-refractivity contribution is 0.385. The predicted octanol–water partition coefficient (Wildman–Crippen LogP) is 2.27. The largest absolute Gasteiger partial charge is 0.371 e. The Morgan fingerprint density at radius 2 is 2.00 bits per heavy atom. The minimum Gasteiger partial charge on any atom is -0.371 e. The van der Waals surface area contributed by atoms with Crippen LogP contribution in [0.25, 0.3) is 0 Å². The van der Waals surface area contributed by atoms with Crippen LogP contribution in [0.15, 0.2) is 28.8 Å². The number of nitrogens with one attached hydrogen (secondary N) is 1. The molecular formula is C15H20N4O. The Balaban J connectivity index is 1.62. The molecule has 1 N–H and O–H groups in total. The molecule has 20 heavy (non-hydrogen) atoms. The van der Waals surface area contributed by atoms with Crippen molar-refractivity contribution in [3.05, 3.63) is 41.5 Å². The van der Waals surface area contributed by atoms with Gasteiger partial charge in [0.1, 0.15) is 0 Å². The summed E-state index contributed by atoms with van der Waals surface area (Å²) in [6.07, 6.45) is 2.59. The van der Waals surface area contributed by atoms with Crippen molar-refractivity contribution in [1.29, 1.82) is 0 Å². The molecule has 1 fully saturated rings. The highest BCUT2D eigenvalue weighted by Crippen LogP contribution is 2.24. The van der Waals surface area contributed by atoms with E-state index in [0.717, 1.165) is 6.54 Å². The predicted molar refractivity (Wildman–Crippen MR) is 77.5 cm³/mol. The first-order chi connectivity index (χ1) is 9.83. The maximum atomic E-state index is 4.96. The van der Waals surface area contributed by atoms with E-state index in [1.54, 1.807) is 6.92 Å². The first-order valence-corrected chi connectivity index (χ1v) is 7.16. The third-order valence-corrected chi connectivity index (χ3v) is 3.61. The zero-order valence-corrected chi connectivity index (χ0v) is 11.8. The van der Waals surface area contributed by atoms with Crippen LogP contribution in [0.5, 0.6) is 0 Å². The second-order valence-electron chi connectivity index (χ2n) is 5.16. The summed E-state index contributed by atoms with van der Waals surface area (Å²) in [5.74, 6) is 1.32. The number of anilines is 1. The van der Waals surface area contributed by atoms with E-state index in [9.17, 15) is 0 Å². The molecule has 0 aliphatic carbocycles. The third-order valence-electron chi connectivity index (χ3n) is 3.61. The lowest BCUT2D eigenvalue weighted by atomic mass is 10.1. The number of aromatic nitrogens is 2. The summed E-state index contributed by atoms with van der Waals surface area (Å²) in [7, 11) is 0. The average molecular weight is 272 g/mol. The van der Waals surface area contributed by atoms with Gasteiger partial charge in [0.05, 0.1) is 6.54 Å². The zero-order chi connectivity index (χ0) is 13.8. The van der Waals surface area contributed by atoms with E-state index >= 15 is 0 Å². The highest BCUT2D eigenvalue weighted by Gasteiger charge is 2.15. The second kappa shape index (κ2) is 6.05. The number of aryl methyl sites for hydroxylation is 1. The minimum atomic E-state index is 0.610. The molecule has 0 bridgehead atoms. The topological polar surface area (TPSA) is 54.2 Å². The molecule has 5 nitrogen and oxygen atoms in total. The van der Waals surface area contributed by atoms with Crippen molar-refractivity contribution in [2.24, 2.45) is 0 Å². The van der Waals surface area contributed by atoms with Gasteiger partial charge in [0.2, 0.25) is 5.89 Å². The summed E-state index contributed by atoms with van der Waals surface area (Å²) >= 11 is 0. The Morgan fingerprint density at radius 1 is 1.20 bits per heavy atom. The van der Waals surface area contributed by atoms with Gasteiger partial charge in [-0.2, -0.15) is 4.98 Å². The van der Waals surface area contributed by atoms with E-state index in [1.165, 1.54) is 37.2 Å². The first kappa shape index (κ1) is 13.1. The molecule has 2 heterocycles. The van der Waals surface area contributed by atoms with Gasteiger partial charge in [-0.3, -0.25) is 0 Å². The molecule has 106 valence electrons. The highest BCUT2D eigenvalue weighted by atomic mass is 16.5. The Hall–Kier alpha value is -1.88. The molecule has 0 radical (unpaired) electrons. The van der Waals surface area contributed by atoms with Crippen LogP contribution in [0.1, 0.15) is 30.1 Å². The number of hydrogen-bond donors (Lipinski definition) is 1. The third kappa shape index (κ3) is 2.99. The second-order valence-corrected chi connectivity index (χ2v) is 5.16. The number of rotatable bonds is 5. The molecular weight excluding hydrogens is 252 g/mol. The highest BCUT2D eigenvalue weighted by molar-refractivity contribution is 5.54. The fourth-order valence-corrected chi connectivity index (χ4v) is 2.65. The van der Waals surface area contributed by atoms with Gasteiger partial charge in [0.15, 0.2) is 5.82 Å². The van der Waals surface area contributed by atoms with E-state index in [-0.39, 0.29) is 0 Å². The SMILES string of the molecule is Cc1nc(CNCc2ccccc2N2CCCC2)no1. The van der Waals surface area contributed by atoms with Crippen molar-refractivity contribution in [1.82, 2.24) is 15.5 Å². The normalized spacial score (nSPS) is 14.9. The van der Waals surface area contributed by atoms with Crippen LogP contribution in [0.2, 0.25) is 0 Å². The van der Waals surface area contributed by atoms with Crippen LogP contribution in [-0.4, -0.2) is 23.2 Å². The number of nitrogens with zero attached hydrogens (tertiary/aromatic N) is 3. The van der Waals surface area contributed by atoms with Gasteiger partial charge in [0, 0.05) is 32.2 Å². The summed E-state index contributed by atoms with van der Waals surface area (Å²) < 4.78 is 4.96. The average Bonchev–Trinajstić information content (AvgIpc) is 3.11. The summed E-state index contributed by atoms with van der Waals surface area (Å²) in [5, 5.41) is 7.27. The maximum Gasteiger partial charge on any atom is 0.223 e. The van der Waals surface area contributed by atoms with E-state index in [0.29, 0.717) is 18.3 Å². The molecule has 0 saturated carbocycles. The van der Waals surface area contributed by atoms with Crippen molar-refractivity contribution in [2.45, 2.75) is 32.9 Å². The van der Waals surface area contributed by atoms with Gasteiger partial charge in [-0.15, -0.1) is 0 Å². The van der Waals surface area contributed by atoms with E-state index in [4.69, 9.17) is 4.52 Å². The van der Waals surface area contributed by atoms with Crippen LogP contribution < -0.4 is 10.2 Å². The molecule has 1 aliphatic heterocycles. The number of hydrogen-bond acceptors (Lipinski definition) is 5. The van der Waals surface area contributed by atoms with Gasteiger partial charge in [0.25, 0.3) is 0 Å². The van der Waals surface area contributed by atoms with Crippen molar-refractivity contribution in [3.8, 4) is 0 Å². The van der Waals surface area contributed by atoms with Crippen LogP contribution in [0, 0.1) is 6.92 Å². The van der Waals surface area contributed by atoms with E-state index < -0.39 is 0 Å². The molecule has 1 aromatic heterocycles. The quantitative estimate of drug-likeness (QED) is 0.905. The monoisotopic (exact) mass is 272 g/mol. The Bertz CT molecular complexity index is 561. The number of para-hydroxylation sites is 1. The standard InChI is InChI=1S/C15H20N4O/c1-12-17-15(18-20-12)11-16-10-13-6-2-3-7-14(13)19-8-4-5-9-19/h2-3,6-7,16H,4-5,8-11H2,1H3. The molecule has 1 aromatic carbocycles. The fourth-order valence-electron chi connectivity index (χ4n) is 2.65. The van der Waals surface area contributed by atoms with Crippen molar-refractivity contribution in [2.75, 3.05) is 18.0 Å². The summed E-state index contributed by atoms with van der Waals surface area (Å²) in [6, 6.07) is 8.59. The van der Waals surface area contributed by atoms with Crippen LogP contribution in [0.3, 0.4) is 0 Å². The summed E-state index contributed by atoms with van der Waals surface area (Å²) in [5.41, 5.74) is 2.68. The molecule has 5 heteroatoms. The van der Waals surface area contributed by atoms with Crippen LogP contribution >= 0.6 is 0 Å². The molecule has 3 rings (SSSR count). The first-order valence-electron chi connectivity index (χ1n) is 7.16. The Kier molecular flexibility index (Phi) is 3.97. The summed E-state index contributed by atoms with van der Waals surface area (Å²) in [4.78, 5) is 6.66. The lowest BCUT2D eigenvalue weighted by Crippen LogP contribution is -2.21. The summed E-state index contributed by atoms with van der Waals surface area (Å²) in [6.45, 7) is 5.59. The van der Waals surface area contributed by atoms with Crippen LogP contribution in [-0.2, 0) is 13.1 Å². The molecule has 0 unspecified atom stereocenters. The Labute approximate surface area is 119 Å². The van der Waals surface area contributed by atoms with Crippen LogP contribution in [0.4, 0.5) is 5.69 Å². The molecule has 0 amide bonds. The van der Waals surface area contributed by atoms with Gasteiger partial charge in [-0.25, -0.2) is 0 Å². The maximum absolute atomic E-state index is 4.96. The Morgan fingerprint density at radius 3 is 2.75 bits per heavy atom. The van der Waals surface area contributed by atoms with Crippen molar-refractivity contribution < 1.29 is 4.52 Å². The lowest BCUT2D eigenvalue weighted by Gasteiger charge is -2.21. The van der Waals surface area contributed by atoms with Gasteiger partial charge in [-0.05, 0) is 24.5 Å². The molecule has 1 aliphatic rings. The van der Waals surface area contributed by atoms with Crippen molar-refractivity contribution in [3.63, 3.8) is 0 Å². The van der Waals surface area contributed by atoms with E-state index in [2.05, 4.69) is 44.6 Å². The minimum absolute atomic E-state index is 0.610.